The van der Waals surface area contributed by atoms with Crippen molar-refractivity contribution in [3.8, 4) is 17.0 Å². The van der Waals surface area contributed by atoms with E-state index in [-0.39, 0.29) is 0 Å². The first kappa shape index (κ1) is 15.6. The van der Waals surface area contributed by atoms with Crippen LogP contribution >= 0.6 is 0 Å². The molecule has 112 valence electrons. The van der Waals surface area contributed by atoms with Crippen LogP contribution in [0, 0.1) is 0 Å². The summed E-state index contributed by atoms with van der Waals surface area (Å²) in [6.07, 6.45) is 9.58. The van der Waals surface area contributed by atoms with E-state index in [1.54, 1.807) is 0 Å². The Morgan fingerprint density at radius 1 is 0.857 bits per heavy atom. The minimum atomic E-state index is 0.815. The monoisotopic (exact) mass is 283 g/mol. The molecule has 0 aliphatic heterocycles. The molecule has 0 atom stereocenters. The molecule has 0 N–H and O–H groups in total. The number of benzene rings is 1. The molecule has 2 nitrogen and oxygen atoms in total. The zero-order chi connectivity index (χ0) is 14.8. The first-order valence-electron chi connectivity index (χ1n) is 8.04. The molecule has 21 heavy (non-hydrogen) atoms. The van der Waals surface area contributed by atoms with Crippen molar-refractivity contribution >= 4 is 0 Å². The maximum atomic E-state index is 5.78. The summed E-state index contributed by atoms with van der Waals surface area (Å²) >= 11 is 0. The van der Waals surface area contributed by atoms with Crippen molar-refractivity contribution in [1.82, 2.24) is 4.98 Å². The molecule has 0 spiro atoms. The average Bonchev–Trinajstić information content (AvgIpc) is 2.55. The smallest absolute Gasteiger partial charge is 0.119 e. The second-order valence-corrected chi connectivity index (χ2v) is 5.36. The fourth-order valence-corrected chi connectivity index (χ4v) is 2.33. The number of pyridine rings is 1. The highest BCUT2D eigenvalue weighted by atomic mass is 16.5. The van der Waals surface area contributed by atoms with Crippen molar-refractivity contribution in [2.45, 2.75) is 45.4 Å². The molecule has 1 aromatic carbocycles. The van der Waals surface area contributed by atoms with Gasteiger partial charge in [-0.15, -0.1) is 0 Å². The number of aromatic nitrogens is 1. The normalized spacial score (nSPS) is 10.5. The Morgan fingerprint density at radius 2 is 1.62 bits per heavy atom. The lowest BCUT2D eigenvalue weighted by atomic mass is 10.1. The Kier molecular flexibility index (Phi) is 6.79. The molecule has 0 unspecified atom stereocenters. The van der Waals surface area contributed by atoms with Gasteiger partial charge in [-0.25, -0.2) is 0 Å². The molecule has 1 heterocycles. The molecule has 2 heteroatoms. The van der Waals surface area contributed by atoms with Crippen LogP contribution in [0.5, 0.6) is 5.75 Å². The minimum absolute atomic E-state index is 0.815. The first-order chi connectivity index (χ1) is 10.4. The quantitative estimate of drug-likeness (QED) is 0.568. The van der Waals surface area contributed by atoms with Crippen molar-refractivity contribution in [2.24, 2.45) is 0 Å². The van der Waals surface area contributed by atoms with Crippen LogP contribution < -0.4 is 4.74 Å². The topological polar surface area (TPSA) is 22.1 Å². The highest BCUT2D eigenvalue weighted by Crippen LogP contribution is 2.20. The van der Waals surface area contributed by atoms with Crippen molar-refractivity contribution in [2.75, 3.05) is 6.61 Å². The lowest BCUT2D eigenvalue weighted by Crippen LogP contribution is -1.97. The summed E-state index contributed by atoms with van der Waals surface area (Å²) in [4.78, 5) is 4.35. The first-order valence-corrected chi connectivity index (χ1v) is 8.04. The van der Waals surface area contributed by atoms with Crippen LogP contribution in [0.15, 0.2) is 48.7 Å². The van der Waals surface area contributed by atoms with Gasteiger partial charge in [-0.2, -0.15) is 0 Å². The van der Waals surface area contributed by atoms with E-state index in [4.69, 9.17) is 4.74 Å². The molecular formula is C19H25NO. The number of hydrogen-bond donors (Lipinski definition) is 0. The molecule has 0 radical (unpaired) electrons. The van der Waals surface area contributed by atoms with E-state index < -0.39 is 0 Å². The Hall–Kier alpha value is -1.83. The summed E-state index contributed by atoms with van der Waals surface area (Å²) in [6, 6.07) is 14.2. The van der Waals surface area contributed by atoms with Gasteiger partial charge in [-0.05, 0) is 42.8 Å². The summed E-state index contributed by atoms with van der Waals surface area (Å²) in [5.41, 5.74) is 2.13. The van der Waals surface area contributed by atoms with E-state index in [1.165, 1.54) is 32.1 Å². The van der Waals surface area contributed by atoms with Crippen LogP contribution in [0.25, 0.3) is 11.3 Å². The molecule has 0 amide bonds. The van der Waals surface area contributed by atoms with E-state index in [0.29, 0.717) is 0 Å². The van der Waals surface area contributed by atoms with Crippen LogP contribution in [-0.4, -0.2) is 11.6 Å². The van der Waals surface area contributed by atoms with Gasteiger partial charge < -0.3 is 4.74 Å². The maximum absolute atomic E-state index is 5.78. The van der Waals surface area contributed by atoms with Gasteiger partial charge in [0.1, 0.15) is 5.75 Å². The third kappa shape index (κ3) is 5.58. The molecule has 0 saturated carbocycles. The largest absolute Gasteiger partial charge is 0.494 e. The predicted molar refractivity (Wildman–Crippen MR) is 88.5 cm³/mol. The van der Waals surface area contributed by atoms with Crippen LogP contribution in [0.4, 0.5) is 0 Å². The number of rotatable bonds is 9. The Bertz CT molecular complexity index is 493. The summed E-state index contributed by atoms with van der Waals surface area (Å²) < 4.78 is 5.78. The van der Waals surface area contributed by atoms with Crippen molar-refractivity contribution in [3.05, 3.63) is 48.7 Å². The molecule has 0 bridgehead atoms. The SMILES string of the molecule is CCCCCCCCOc1ccc(-c2ccccn2)cc1. The van der Waals surface area contributed by atoms with E-state index in [2.05, 4.69) is 24.0 Å². The highest BCUT2D eigenvalue weighted by molar-refractivity contribution is 5.59. The molecule has 2 aromatic rings. The van der Waals surface area contributed by atoms with Crippen molar-refractivity contribution < 1.29 is 4.74 Å². The van der Waals surface area contributed by atoms with Crippen LogP contribution in [0.3, 0.4) is 0 Å². The van der Waals surface area contributed by atoms with Crippen LogP contribution in [0.1, 0.15) is 45.4 Å². The molecule has 0 fully saturated rings. The Morgan fingerprint density at radius 3 is 2.33 bits per heavy atom. The van der Waals surface area contributed by atoms with E-state index in [0.717, 1.165) is 30.0 Å². The zero-order valence-electron chi connectivity index (χ0n) is 12.9. The number of hydrogen-bond acceptors (Lipinski definition) is 2. The number of ether oxygens (including phenoxy) is 1. The van der Waals surface area contributed by atoms with Gasteiger partial charge in [0.2, 0.25) is 0 Å². The van der Waals surface area contributed by atoms with Gasteiger partial charge in [0.25, 0.3) is 0 Å². The second-order valence-electron chi connectivity index (χ2n) is 5.36. The van der Waals surface area contributed by atoms with Crippen molar-refractivity contribution in [3.63, 3.8) is 0 Å². The lowest BCUT2D eigenvalue weighted by Gasteiger charge is -2.07. The standard InChI is InChI=1S/C19H25NO/c1-2-3-4-5-6-9-16-21-18-13-11-17(12-14-18)19-10-7-8-15-20-19/h7-8,10-15H,2-6,9,16H2,1H3. The van der Waals surface area contributed by atoms with E-state index in [9.17, 15) is 0 Å². The van der Waals surface area contributed by atoms with Gasteiger partial charge in [-0.3, -0.25) is 4.98 Å². The van der Waals surface area contributed by atoms with E-state index >= 15 is 0 Å². The van der Waals surface area contributed by atoms with Gasteiger partial charge in [0.05, 0.1) is 12.3 Å². The Balaban J connectivity index is 1.71. The summed E-state index contributed by atoms with van der Waals surface area (Å²) in [5.74, 6) is 0.947. The average molecular weight is 283 g/mol. The number of nitrogens with zero attached hydrogens (tertiary/aromatic N) is 1. The maximum Gasteiger partial charge on any atom is 0.119 e. The number of unbranched alkanes of at least 4 members (excludes halogenated alkanes) is 5. The summed E-state index contributed by atoms with van der Waals surface area (Å²) in [7, 11) is 0. The second kappa shape index (κ2) is 9.17. The van der Waals surface area contributed by atoms with Gasteiger partial charge in [0, 0.05) is 11.8 Å². The summed E-state index contributed by atoms with van der Waals surface area (Å²) in [5, 5.41) is 0. The zero-order valence-corrected chi connectivity index (χ0v) is 12.9. The summed E-state index contributed by atoms with van der Waals surface area (Å²) in [6.45, 7) is 3.06. The highest BCUT2D eigenvalue weighted by Gasteiger charge is 1.99. The molecular weight excluding hydrogens is 258 g/mol. The van der Waals surface area contributed by atoms with Crippen LogP contribution in [0.2, 0.25) is 0 Å². The molecule has 0 aliphatic rings. The molecule has 0 aliphatic carbocycles. The van der Waals surface area contributed by atoms with Gasteiger partial charge in [-0.1, -0.05) is 45.1 Å². The van der Waals surface area contributed by atoms with Crippen molar-refractivity contribution in [1.29, 1.82) is 0 Å². The third-order valence-electron chi connectivity index (χ3n) is 3.58. The molecule has 1 aromatic heterocycles. The predicted octanol–water partition coefficient (Wildman–Crippen LogP) is 5.49. The molecule has 2 rings (SSSR count). The minimum Gasteiger partial charge on any atom is -0.494 e. The fourth-order valence-electron chi connectivity index (χ4n) is 2.33. The van der Waals surface area contributed by atoms with Gasteiger partial charge in [0.15, 0.2) is 0 Å². The van der Waals surface area contributed by atoms with E-state index in [1.807, 2.05) is 36.5 Å². The lowest BCUT2D eigenvalue weighted by molar-refractivity contribution is 0.304. The van der Waals surface area contributed by atoms with Gasteiger partial charge >= 0.3 is 0 Å². The molecule has 0 saturated heterocycles. The third-order valence-corrected chi connectivity index (χ3v) is 3.58. The fraction of sp³-hybridized carbons (Fsp3) is 0.421. The van der Waals surface area contributed by atoms with Crippen LogP contribution in [-0.2, 0) is 0 Å². The Labute approximate surface area is 128 Å².